The van der Waals surface area contributed by atoms with Crippen LogP contribution >= 0.6 is 0 Å². The number of aromatic nitrogens is 5. The van der Waals surface area contributed by atoms with Gasteiger partial charge in [-0.2, -0.15) is 0 Å². The van der Waals surface area contributed by atoms with Crippen molar-refractivity contribution in [2.45, 2.75) is 129 Å². The number of phenolic OH excluding ortho intramolecular Hbond substituents is 1. The van der Waals surface area contributed by atoms with Gasteiger partial charge >= 0.3 is 12.1 Å². The lowest BCUT2D eigenvalue weighted by Gasteiger charge is -2.35. The maximum absolute atomic E-state index is 14.1. The number of amides is 4. The number of nitrogens with two attached hydrogens (primary N) is 1. The highest BCUT2D eigenvalue weighted by Gasteiger charge is 2.51. The predicted molar refractivity (Wildman–Crippen MR) is 380 cm³/mol. The molecule has 31 nitrogen and oxygen atoms in total. The van der Waals surface area contributed by atoms with E-state index >= 15 is 0 Å². The lowest BCUT2D eigenvalue weighted by atomic mass is 9.79. The Labute approximate surface area is 614 Å². The van der Waals surface area contributed by atoms with E-state index in [0.717, 1.165) is 47.9 Å². The molecule has 0 bridgehead atoms. The summed E-state index contributed by atoms with van der Waals surface area (Å²) >= 11 is 0. The van der Waals surface area contributed by atoms with E-state index in [1.54, 1.807) is 64.7 Å². The number of cyclic esters (lactones) is 1. The zero-order valence-electron chi connectivity index (χ0n) is 60.5. The fraction of sp³-hybridized carbons (Fsp3) is 0.573. The van der Waals surface area contributed by atoms with Crippen molar-refractivity contribution in [2.24, 2.45) is 17.6 Å². The van der Waals surface area contributed by atoms with Crippen molar-refractivity contribution in [1.29, 1.82) is 0 Å². The fourth-order valence-electron chi connectivity index (χ4n) is 13.0. The number of nitrogens with zero attached hydrogens (tertiary/aromatic N) is 6. The number of hydrogen-bond acceptors (Lipinski definition) is 26. The Balaban J connectivity index is 0.528. The van der Waals surface area contributed by atoms with Crippen LogP contribution in [0, 0.1) is 11.8 Å². The van der Waals surface area contributed by atoms with Crippen LogP contribution in [0.4, 0.5) is 4.79 Å². The number of ether oxygens (including phenoxy) is 12. The third-order valence-corrected chi connectivity index (χ3v) is 18.8. The molecule has 31 heteroatoms. The number of aromatic hydroxyl groups is 1. The first-order valence-corrected chi connectivity index (χ1v) is 36.5. The van der Waals surface area contributed by atoms with Gasteiger partial charge in [0, 0.05) is 73.1 Å². The Bertz CT molecular complexity index is 3840. The maximum Gasteiger partial charge on any atom is 0.510 e. The van der Waals surface area contributed by atoms with Gasteiger partial charge in [-0.1, -0.05) is 43.3 Å². The lowest BCUT2D eigenvalue weighted by Crippen LogP contribution is -2.47. The van der Waals surface area contributed by atoms with Gasteiger partial charge in [0.1, 0.15) is 38.0 Å². The number of benzene rings is 2. The monoisotopic (exact) mass is 1480 g/mol. The first-order valence-electron chi connectivity index (χ1n) is 36.5. The van der Waals surface area contributed by atoms with Gasteiger partial charge in [0.15, 0.2) is 5.78 Å². The molecule has 1 fully saturated rings. The molecule has 6 heterocycles. The van der Waals surface area contributed by atoms with Crippen molar-refractivity contribution >= 4 is 58.2 Å². The summed E-state index contributed by atoms with van der Waals surface area (Å²) in [6, 6.07) is 12.4. The Morgan fingerprint density at radius 2 is 1.33 bits per heavy atom. The van der Waals surface area contributed by atoms with Crippen molar-refractivity contribution < 1.29 is 100 Å². The SMILES string of the molecule is CCc1c2c(nc3ccc(O)cc13)-c1cc3c(c(=O)n1C2)COC(=O)[C@@]3(CC)OC(=O)OCc1ccc(CC(=O)[C@H](CCCCN)NC(=O)COCC(=O)NCCOCCOCCOCCOCCOCCOCCOCCOCCn2cc(CCC(=O)C3CCC(CN4C(=O)C=CC4=O)CC3)nn2)cc1. The highest BCUT2D eigenvalue weighted by molar-refractivity contribution is 6.12. The van der Waals surface area contributed by atoms with E-state index in [1.165, 1.54) is 17.1 Å². The second-order valence-electron chi connectivity index (χ2n) is 26.1. The molecule has 0 spiro atoms. The third kappa shape index (κ3) is 23.9. The molecule has 3 aliphatic heterocycles. The third-order valence-electron chi connectivity index (χ3n) is 18.8. The molecule has 0 radical (unpaired) electrons. The summed E-state index contributed by atoms with van der Waals surface area (Å²) in [4.78, 5) is 123. The molecule has 3 aromatic heterocycles. The summed E-state index contributed by atoms with van der Waals surface area (Å²) in [6.07, 6.45) is 9.45. The molecule has 106 heavy (non-hydrogen) atoms. The van der Waals surface area contributed by atoms with E-state index in [0.29, 0.717) is 185 Å². The zero-order chi connectivity index (χ0) is 75.1. The molecule has 5 aromatic rings. The minimum Gasteiger partial charge on any atom is -0.508 e. The minimum atomic E-state index is -2.00. The van der Waals surface area contributed by atoms with Gasteiger partial charge in [-0.3, -0.25) is 38.5 Å². The number of aryl methyl sites for hydroxylation is 2. The number of ketones is 2. The van der Waals surface area contributed by atoms with Crippen LogP contribution in [0.15, 0.2) is 71.7 Å². The van der Waals surface area contributed by atoms with Gasteiger partial charge in [-0.15, -0.1) is 5.10 Å². The summed E-state index contributed by atoms with van der Waals surface area (Å²) < 4.78 is 69.9. The number of rotatable bonds is 50. The highest BCUT2D eigenvalue weighted by atomic mass is 16.7. The second kappa shape index (κ2) is 42.5. The van der Waals surface area contributed by atoms with Gasteiger partial charge in [0.25, 0.3) is 17.4 Å². The van der Waals surface area contributed by atoms with Crippen LogP contribution < -0.4 is 21.9 Å². The van der Waals surface area contributed by atoms with E-state index in [9.17, 15) is 48.3 Å². The molecule has 5 N–H and O–H groups in total. The Morgan fingerprint density at radius 3 is 1.95 bits per heavy atom. The van der Waals surface area contributed by atoms with Crippen molar-refractivity contribution in [2.75, 3.05) is 139 Å². The van der Waals surface area contributed by atoms with Crippen LogP contribution in [0.3, 0.4) is 0 Å². The Kier molecular flexibility index (Phi) is 32.6. The van der Waals surface area contributed by atoms with E-state index in [4.69, 9.17) is 67.6 Å². The van der Waals surface area contributed by atoms with Gasteiger partial charge in [-0.05, 0) is 111 Å². The van der Waals surface area contributed by atoms with E-state index in [-0.39, 0.29) is 104 Å². The topological polar surface area (TPSA) is 386 Å². The number of hydrogen-bond donors (Lipinski definition) is 4. The normalized spacial score (nSPS) is 16.9. The van der Waals surface area contributed by atoms with Crippen molar-refractivity contribution in [1.82, 2.24) is 40.1 Å². The average molecular weight is 1480 g/mol. The summed E-state index contributed by atoms with van der Waals surface area (Å²) in [5.74, 6) is -2.10. The van der Waals surface area contributed by atoms with Crippen LogP contribution in [-0.2, 0) is 142 Å². The quantitative estimate of drug-likeness (QED) is 0.0236. The average Bonchev–Trinajstić information content (AvgIpc) is 1.49. The predicted octanol–water partition coefficient (Wildman–Crippen LogP) is 4.22. The number of carbonyl (C=O) groups is 8. The molecule has 0 unspecified atom stereocenters. The van der Waals surface area contributed by atoms with Crippen molar-refractivity contribution in [3.8, 4) is 17.1 Å². The molecule has 1 aliphatic carbocycles. The standard InChI is InChI=1S/C75H99N9O22/c1-3-57-58-42-56(85)17-18-62(58)79-71-59(57)46-83-64(71)43-61-60(72(83)92)48-104-73(93)75(61,4-2)106-74(94)105-47-53-10-8-51(9-11-53)41-66(87)63(7-5-6-22-76)78-68(89)50-103-49-67(88)77-23-25-95-27-29-97-31-33-99-35-37-101-39-40-102-38-36-100-34-32-98-30-28-96-26-24-82-45-55(80-81-82)16-19-65(86)54-14-12-52(13-15-54)44-84-69(90)20-21-70(84)91/h8-11,17-18,20-21,42-43,45,52,54,63,85H,3-7,12-16,19,22-41,44,46-50,76H2,1-2H3,(H,77,88)(H,78,89)/t52?,54?,63-,75-/m0/s1. The smallest absolute Gasteiger partial charge is 0.508 e. The van der Waals surface area contributed by atoms with E-state index in [2.05, 4.69) is 20.9 Å². The van der Waals surface area contributed by atoms with Gasteiger partial charge in [0.05, 0.1) is 153 Å². The molecule has 4 aliphatic rings. The largest absolute Gasteiger partial charge is 0.510 e. The number of imide groups is 1. The molecule has 2 atom stereocenters. The van der Waals surface area contributed by atoms with Crippen LogP contribution in [-0.4, -0.2) is 226 Å². The number of phenols is 1. The molecular formula is C75H99N9O22. The fourth-order valence-corrected chi connectivity index (χ4v) is 13.0. The summed E-state index contributed by atoms with van der Waals surface area (Å²) in [7, 11) is 0. The molecule has 4 amide bonds. The van der Waals surface area contributed by atoms with Crippen LogP contribution in [0.5, 0.6) is 5.75 Å². The van der Waals surface area contributed by atoms with E-state index < -0.39 is 47.7 Å². The molecule has 0 saturated heterocycles. The molecule has 9 rings (SSSR count). The minimum absolute atomic E-state index is 0.00258. The summed E-state index contributed by atoms with van der Waals surface area (Å²) in [5.41, 5.74) is 9.00. The second-order valence-corrected chi connectivity index (χ2v) is 26.1. The number of pyridine rings is 2. The highest BCUT2D eigenvalue weighted by Crippen LogP contribution is 2.43. The summed E-state index contributed by atoms with van der Waals surface area (Å²) in [6.45, 7) is 10.2. The first kappa shape index (κ1) is 81.3. The van der Waals surface area contributed by atoms with Crippen LogP contribution in [0.1, 0.15) is 111 Å². The number of nitrogens with one attached hydrogen (secondary N) is 2. The molecular weight excluding hydrogens is 1380 g/mol. The van der Waals surface area contributed by atoms with Crippen molar-refractivity contribution in [3.63, 3.8) is 0 Å². The van der Waals surface area contributed by atoms with Crippen molar-refractivity contribution in [3.05, 3.63) is 116 Å². The first-order chi connectivity index (χ1) is 51.6. The molecule has 1 saturated carbocycles. The Hall–Kier alpha value is -8.76. The Morgan fingerprint density at radius 1 is 0.717 bits per heavy atom. The number of unbranched alkanes of at least 4 members (excludes halogenated alkanes) is 1. The van der Waals surface area contributed by atoms with Gasteiger partial charge < -0.3 is 82.9 Å². The molecule has 2 aromatic carbocycles. The maximum atomic E-state index is 14.1. The number of Topliss-reactive ketones (excluding diaryl/α,β-unsaturated/α-hetero) is 2. The van der Waals surface area contributed by atoms with Gasteiger partial charge in [-0.25, -0.2) is 19.3 Å². The van der Waals surface area contributed by atoms with Gasteiger partial charge in [0.2, 0.25) is 17.4 Å². The lowest BCUT2D eigenvalue weighted by molar-refractivity contribution is -0.175. The molecule has 576 valence electrons. The van der Waals surface area contributed by atoms with E-state index in [1.807, 2.05) is 13.1 Å². The number of fused-ring (bicyclic) bond motifs is 5. The summed E-state index contributed by atoms with van der Waals surface area (Å²) in [5, 5.41) is 24.8. The number of carbonyl (C=O) groups excluding carboxylic acids is 8. The number of esters is 1. The van der Waals surface area contributed by atoms with Crippen LogP contribution in [0.2, 0.25) is 0 Å². The zero-order valence-corrected chi connectivity index (χ0v) is 60.5. The van der Waals surface area contributed by atoms with Crippen LogP contribution in [0.25, 0.3) is 22.3 Å².